The van der Waals surface area contributed by atoms with E-state index in [2.05, 4.69) is 229 Å². The minimum Gasteiger partial charge on any atom is -0.498 e. The van der Waals surface area contributed by atoms with Crippen molar-refractivity contribution in [1.82, 2.24) is 4.90 Å². The van der Waals surface area contributed by atoms with Gasteiger partial charge in [-0.2, -0.15) is 0 Å². The third-order valence-electron chi connectivity index (χ3n) is 20.8. The molecule has 438 valence electrons. The van der Waals surface area contributed by atoms with Crippen LogP contribution in [0.15, 0.2) is 151 Å². The quantitative estimate of drug-likeness (QED) is 0.0442. The first-order valence-electron chi connectivity index (χ1n) is 33.8. The maximum atomic E-state index is 7.02. The molecule has 0 unspecified atom stereocenters. The first kappa shape index (κ1) is 59.9. The average Bonchev–Trinajstić information content (AvgIpc) is 1.51. The van der Waals surface area contributed by atoms with Gasteiger partial charge in [0, 0.05) is 50.1 Å². The summed E-state index contributed by atoms with van der Waals surface area (Å²) < 4.78 is 7.02. The van der Waals surface area contributed by atoms with Crippen LogP contribution in [-0.2, 0) is 15.6 Å². The number of likely N-dealkylation sites (N-methyl/N-ethyl adjacent to an activating group) is 1. The fraction of sp³-hybridized carbons (Fsp3) is 0.446. The third kappa shape index (κ3) is 11.4. The Hall–Kier alpha value is -6.76. The summed E-state index contributed by atoms with van der Waals surface area (Å²) in [5, 5.41) is 0. The smallest absolute Gasteiger partial charge is 0.105 e. The highest BCUT2D eigenvalue weighted by Crippen LogP contribution is 2.72. The Labute approximate surface area is 513 Å². The van der Waals surface area contributed by atoms with Crippen LogP contribution in [0.1, 0.15) is 244 Å². The zero-order valence-electron chi connectivity index (χ0n) is 52.9. The van der Waals surface area contributed by atoms with E-state index in [0.29, 0.717) is 12.5 Å². The molecule has 0 aromatic heterocycles. The normalized spacial score (nSPS) is 19.6. The Morgan fingerprint density at radius 1 is 0.435 bits per heavy atom. The van der Waals surface area contributed by atoms with Crippen LogP contribution in [-0.4, -0.2) is 31.1 Å². The van der Waals surface area contributed by atoms with Crippen molar-refractivity contribution < 1.29 is 4.74 Å². The summed E-state index contributed by atoms with van der Waals surface area (Å²) in [6.45, 7) is 12.2. The number of nitrogens with zero attached hydrogens (tertiary/aromatic N) is 1. The van der Waals surface area contributed by atoms with Crippen LogP contribution in [0.4, 0.5) is 0 Å². The van der Waals surface area contributed by atoms with E-state index >= 15 is 0 Å². The second-order valence-corrected chi connectivity index (χ2v) is 26.1. The lowest BCUT2D eigenvalue weighted by molar-refractivity contribution is 0.0771. The van der Waals surface area contributed by atoms with Crippen LogP contribution in [0.2, 0.25) is 0 Å². The molecule has 2 heteroatoms. The second-order valence-electron chi connectivity index (χ2n) is 26.1. The summed E-state index contributed by atoms with van der Waals surface area (Å²) in [6.07, 6.45) is 31.7. The van der Waals surface area contributed by atoms with E-state index in [1.54, 1.807) is 0 Å². The van der Waals surface area contributed by atoms with Gasteiger partial charge in [0.25, 0.3) is 0 Å². The van der Waals surface area contributed by atoms with Crippen molar-refractivity contribution in [3.63, 3.8) is 0 Å². The molecule has 5 aliphatic rings. The molecule has 6 aromatic rings. The Morgan fingerprint density at radius 3 is 1.27 bits per heavy atom. The van der Waals surface area contributed by atoms with E-state index in [1.807, 2.05) is 0 Å². The lowest BCUT2D eigenvalue weighted by atomic mass is 9.63. The van der Waals surface area contributed by atoms with E-state index in [1.165, 1.54) is 183 Å². The Kier molecular flexibility index (Phi) is 19.0. The molecule has 2 bridgehead atoms. The maximum absolute atomic E-state index is 7.02. The van der Waals surface area contributed by atoms with Crippen molar-refractivity contribution in [2.45, 2.75) is 205 Å². The van der Waals surface area contributed by atoms with Crippen LogP contribution in [0.25, 0.3) is 27.8 Å². The number of hydrogen-bond donors (Lipinski definition) is 0. The fourth-order valence-electron chi connectivity index (χ4n) is 16.7. The number of hydrogen-bond acceptors (Lipinski definition) is 2. The summed E-state index contributed by atoms with van der Waals surface area (Å²) in [5.74, 6) is 24.0. The molecule has 11 rings (SSSR count). The molecule has 1 fully saturated rings. The van der Waals surface area contributed by atoms with Gasteiger partial charge in [0.2, 0.25) is 0 Å². The van der Waals surface area contributed by atoms with Gasteiger partial charge in [0.15, 0.2) is 0 Å². The van der Waals surface area contributed by atoms with Crippen LogP contribution < -0.4 is 0 Å². The molecule has 0 aliphatic heterocycles. The van der Waals surface area contributed by atoms with Gasteiger partial charge in [-0.3, -0.25) is 4.90 Å². The van der Waals surface area contributed by atoms with Crippen LogP contribution in [0.3, 0.4) is 0 Å². The molecule has 0 radical (unpaired) electrons. The monoisotopic (exact) mass is 1120 g/mol. The molecular formula is C83H95NO. The molecule has 5 aliphatic carbocycles. The van der Waals surface area contributed by atoms with Crippen molar-refractivity contribution in [2.24, 2.45) is 11.3 Å². The summed E-state index contributed by atoms with van der Waals surface area (Å²) >= 11 is 0. The Morgan fingerprint density at radius 2 is 0.847 bits per heavy atom. The number of ether oxygens (including phenoxy) is 1. The third-order valence-corrected chi connectivity index (χ3v) is 20.8. The van der Waals surface area contributed by atoms with Crippen molar-refractivity contribution >= 4 is 5.57 Å². The van der Waals surface area contributed by atoms with Crippen molar-refractivity contribution in [3.05, 3.63) is 207 Å². The van der Waals surface area contributed by atoms with Crippen molar-refractivity contribution in [2.75, 3.05) is 20.7 Å². The average molecular weight is 1120 g/mol. The summed E-state index contributed by atoms with van der Waals surface area (Å²) in [6, 6.07) is 50.4. The SMILES string of the molecule is CCCCCCC1(CCCCCC)c2cc(C#CC3=C(c4ccc5c(c4)C(CCCCCC)(CCCCCC)c4cc(C#Cc6ccccc6)ccc4-5)[C@@]45CCCC[C@@H]4[C@]3(N(C)C)C=C5OCC)ccc2-c2ccc(C#Cc3ccccc3)cc21. The minimum atomic E-state index is -0.397. The van der Waals surface area contributed by atoms with Gasteiger partial charge in [0.05, 0.1) is 17.6 Å². The maximum Gasteiger partial charge on any atom is 0.105 e. The zero-order valence-corrected chi connectivity index (χ0v) is 52.9. The highest BCUT2D eigenvalue weighted by molar-refractivity contribution is 5.91. The molecule has 0 saturated heterocycles. The van der Waals surface area contributed by atoms with Crippen molar-refractivity contribution in [3.8, 4) is 57.8 Å². The van der Waals surface area contributed by atoms with Crippen LogP contribution >= 0.6 is 0 Å². The van der Waals surface area contributed by atoms with E-state index < -0.39 is 5.54 Å². The largest absolute Gasteiger partial charge is 0.498 e. The first-order chi connectivity index (χ1) is 41.7. The lowest BCUT2D eigenvalue weighted by Crippen LogP contribution is -2.48. The van der Waals surface area contributed by atoms with E-state index in [-0.39, 0.29) is 16.2 Å². The summed E-state index contributed by atoms with van der Waals surface area (Å²) in [4.78, 5) is 2.53. The molecule has 0 heterocycles. The Bertz CT molecular complexity index is 3570. The molecule has 3 atom stereocenters. The summed E-state index contributed by atoms with van der Waals surface area (Å²) in [5.41, 5.74) is 20.2. The topological polar surface area (TPSA) is 12.5 Å². The Balaban J connectivity index is 1.09. The van der Waals surface area contributed by atoms with Gasteiger partial charge in [0.1, 0.15) is 5.76 Å². The summed E-state index contributed by atoms with van der Waals surface area (Å²) in [7, 11) is 4.64. The fourth-order valence-corrected chi connectivity index (χ4v) is 16.7. The minimum absolute atomic E-state index is 0.101. The molecule has 2 nitrogen and oxygen atoms in total. The number of unbranched alkanes of at least 4 members (excludes halogenated alkanes) is 12. The number of allylic oxidation sites excluding steroid dienone is 1. The predicted molar refractivity (Wildman–Crippen MR) is 360 cm³/mol. The first-order valence-corrected chi connectivity index (χ1v) is 33.8. The van der Waals surface area contributed by atoms with Gasteiger partial charge in [-0.1, -0.05) is 246 Å². The highest BCUT2D eigenvalue weighted by Gasteiger charge is 2.69. The molecule has 0 N–H and O–H groups in total. The van der Waals surface area contributed by atoms with E-state index in [0.717, 1.165) is 66.3 Å². The van der Waals surface area contributed by atoms with E-state index in [9.17, 15) is 0 Å². The van der Waals surface area contributed by atoms with Gasteiger partial charge < -0.3 is 4.74 Å². The molecular weight excluding hydrogens is 1030 g/mol. The van der Waals surface area contributed by atoms with Gasteiger partial charge in [-0.15, -0.1) is 0 Å². The number of rotatable bonds is 24. The number of benzene rings is 6. The van der Waals surface area contributed by atoms with E-state index in [4.69, 9.17) is 4.74 Å². The highest BCUT2D eigenvalue weighted by atomic mass is 16.5. The zero-order chi connectivity index (χ0) is 58.9. The molecule has 0 amide bonds. The lowest BCUT2D eigenvalue weighted by Gasteiger charge is -2.44. The molecule has 0 spiro atoms. The van der Waals surface area contributed by atoms with Crippen LogP contribution in [0.5, 0.6) is 0 Å². The number of fused-ring (bicyclic) bond motifs is 6. The van der Waals surface area contributed by atoms with Gasteiger partial charge in [-0.05, 0) is 188 Å². The second kappa shape index (κ2) is 26.9. The van der Waals surface area contributed by atoms with Gasteiger partial charge in [-0.25, -0.2) is 0 Å². The van der Waals surface area contributed by atoms with Crippen LogP contribution in [0, 0.1) is 46.9 Å². The van der Waals surface area contributed by atoms with Crippen molar-refractivity contribution in [1.29, 1.82) is 0 Å². The molecule has 85 heavy (non-hydrogen) atoms. The molecule has 1 saturated carbocycles. The predicted octanol–water partition coefficient (Wildman–Crippen LogP) is 21.1. The standard InChI is InChI=1S/C83H95NO/c1-8-13-17-28-52-80(53-29-18-14-9-2)73-57-64(40-38-62-33-23-21-24-34-62)42-47-68(73)69-49-44-66(59-74(69)80)45-51-72-79(82-56-32-27-37-77(82)83(72,84(6)7)61-78(82)85-12-5)67-46-50-71-70-48-43-65(41-39-63-35-25-22-26-36-63)58-75(70)81(76(71)60-67,54-30-19-15-10-3)55-31-20-16-11-4/h21-26,33-36,42-44,46-50,57-61,77H,8-20,27-32,37,52-56H2,1-7H3/t77-,82-,83-/m0/s1. The molecule has 6 aromatic carbocycles. The van der Waals surface area contributed by atoms with Gasteiger partial charge >= 0.3 is 0 Å².